The van der Waals surface area contributed by atoms with Crippen LogP contribution in [-0.4, -0.2) is 7.11 Å². The van der Waals surface area contributed by atoms with Gasteiger partial charge in [-0.1, -0.05) is 6.07 Å². The maximum atomic E-state index is 5.56. The molecule has 0 saturated carbocycles. The zero-order chi connectivity index (χ0) is 14.0. The second kappa shape index (κ2) is 5.70. The summed E-state index contributed by atoms with van der Waals surface area (Å²) in [7, 11) is 1.70. The predicted molar refractivity (Wildman–Crippen MR) is 80.9 cm³/mol. The van der Waals surface area contributed by atoms with Crippen molar-refractivity contribution >= 4 is 21.6 Å². The Hall–Kier alpha value is -1.42. The maximum Gasteiger partial charge on any atom is 0.169 e. The van der Waals surface area contributed by atoms with Crippen LogP contribution in [0.5, 0.6) is 5.75 Å². The highest BCUT2D eigenvalue weighted by molar-refractivity contribution is 9.10. The fraction of sp³-hybridized carbons (Fsp3) is 0.333. The first-order valence-corrected chi connectivity index (χ1v) is 6.98. The normalized spacial score (nSPS) is 12.3. The molecule has 0 amide bonds. The van der Waals surface area contributed by atoms with E-state index in [0.29, 0.717) is 0 Å². The minimum Gasteiger partial charge on any atom is -0.496 e. The largest absolute Gasteiger partial charge is 0.496 e. The van der Waals surface area contributed by atoms with Crippen molar-refractivity contribution in [2.24, 2.45) is 0 Å². The first-order chi connectivity index (χ1) is 9.02. The number of furan rings is 1. The summed E-state index contributed by atoms with van der Waals surface area (Å²) in [5, 5.41) is 3.45. The molecule has 3 nitrogen and oxygen atoms in total. The second-order valence-corrected chi connectivity index (χ2v) is 5.38. The van der Waals surface area contributed by atoms with Crippen LogP contribution in [0, 0.1) is 13.8 Å². The highest BCUT2D eigenvalue weighted by Crippen LogP contribution is 2.32. The van der Waals surface area contributed by atoms with Crippen LogP contribution in [-0.2, 0) is 0 Å². The van der Waals surface area contributed by atoms with E-state index in [2.05, 4.69) is 47.2 Å². The Morgan fingerprint density at radius 2 is 1.95 bits per heavy atom. The van der Waals surface area contributed by atoms with Gasteiger partial charge in [0.05, 0.1) is 13.2 Å². The molecule has 0 bridgehead atoms. The third-order valence-corrected chi connectivity index (χ3v) is 3.63. The lowest BCUT2D eigenvalue weighted by Gasteiger charge is -2.18. The highest BCUT2D eigenvalue weighted by atomic mass is 79.9. The third-order valence-electron chi connectivity index (χ3n) is 3.20. The summed E-state index contributed by atoms with van der Waals surface area (Å²) < 4.78 is 11.7. The Bertz CT molecular complexity index is 578. The molecule has 19 heavy (non-hydrogen) atoms. The van der Waals surface area contributed by atoms with E-state index in [1.54, 1.807) is 7.11 Å². The van der Waals surface area contributed by atoms with E-state index in [-0.39, 0.29) is 6.04 Å². The van der Waals surface area contributed by atoms with Gasteiger partial charge in [-0.15, -0.1) is 0 Å². The summed E-state index contributed by atoms with van der Waals surface area (Å²) in [6.07, 6.45) is 0. The highest BCUT2D eigenvalue weighted by Gasteiger charge is 2.13. The molecule has 0 fully saturated rings. The van der Waals surface area contributed by atoms with Crippen LogP contribution in [0.3, 0.4) is 0 Å². The predicted octanol–water partition coefficient (Wildman–Crippen LogP) is 4.84. The smallest absolute Gasteiger partial charge is 0.169 e. The van der Waals surface area contributed by atoms with Crippen LogP contribution in [0.25, 0.3) is 0 Å². The van der Waals surface area contributed by atoms with E-state index in [9.17, 15) is 0 Å². The molecular weight excluding hydrogens is 306 g/mol. The van der Waals surface area contributed by atoms with Gasteiger partial charge >= 0.3 is 0 Å². The van der Waals surface area contributed by atoms with Gasteiger partial charge in [-0.05, 0) is 60.5 Å². The zero-order valence-electron chi connectivity index (χ0n) is 11.6. The Morgan fingerprint density at radius 3 is 2.53 bits per heavy atom. The number of aryl methyl sites for hydroxylation is 1. The van der Waals surface area contributed by atoms with E-state index in [0.717, 1.165) is 33.0 Å². The van der Waals surface area contributed by atoms with Gasteiger partial charge in [0.1, 0.15) is 11.5 Å². The van der Waals surface area contributed by atoms with E-state index >= 15 is 0 Å². The summed E-state index contributed by atoms with van der Waals surface area (Å²) >= 11 is 3.32. The standard InChI is InChI=1S/C15H18BrNO2/c1-9-5-6-12(10(2)15(9)18-4)17-11(3)13-7-8-14(16)19-13/h5-8,11,17H,1-4H3. The molecule has 0 radical (unpaired) electrons. The van der Waals surface area contributed by atoms with Crippen molar-refractivity contribution < 1.29 is 9.15 Å². The van der Waals surface area contributed by atoms with Crippen LogP contribution in [0.4, 0.5) is 5.69 Å². The van der Waals surface area contributed by atoms with Gasteiger partial charge in [0, 0.05) is 11.3 Å². The third kappa shape index (κ3) is 2.95. The molecule has 1 heterocycles. The monoisotopic (exact) mass is 323 g/mol. The average molecular weight is 324 g/mol. The quantitative estimate of drug-likeness (QED) is 0.874. The SMILES string of the molecule is COc1c(C)ccc(NC(C)c2ccc(Br)o2)c1C. The molecule has 0 spiro atoms. The van der Waals surface area contributed by atoms with Gasteiger partial charge < -0.3 is 14.5 Å². The number of benzene rings is 1. The Kier molecular flexibility index (Phi) is 4.20. The van der Waals surface area contributed by atoms with Crippen molar-refractivity contribution in [3.8, 4) is 5.75 Å². The van der Waals surface area contributed by atoms with Crippen molar-refractivity contribution in [1.29, 1.82) is 0 Å². The molecule has 1 atom stereocenters. The zero-order valence-corrected chi connectivity index (χ0v) is 13.2. The fourth-order valence-corrected chi connectivity index (χ4v) is 2.48. The summed E-state index contributed by atoms with van der Waals surface area (Å²) in [5.41, 5.74) is 3.31. The molecule has 0 aliphatic rings. The fourth-order valence-electron chi connectivity index (χ4n) is 2.16. The first kappa shape index (κ1) is 14.0. The number of hydrogen-bond donors (Lipinski definition) is 1. The molecule has 102 valence electrons. The number of anilines is 1. The number of rotatable bonds is 4. The lowest BCUT2D eigenvalue weighted by atomic mass is 10.1. The van der Waals surface area contributed by atoms with Gasteiger partial charge in [0.15, 0.2) is 4.67 Å². The Labute approximate surface area is 122 Å². The minimum atomic E-state index is 0.0948. The van der Waals surface area contributed by atoms with Crippen LogP contribution in [0.1, 0.15) is 29.9 Å². The first-order valence-electron chi connectivity index (χ1n) is 6.19. The molecule has 1 aromatic carbocycles. The number of ether oxygens (including phenoxy) is 1. The van der Waals surface area contributed by atoms with Crippen molar-refractivity contribution in [3.63, 3.8) is 0 Å². The van der Waals surface area contributed by atoms with Crippen molar-refractivity contribution in [3.05, 3.63) is 45.8 Å². The summed E-state index contributed by atoms with van der Waals surface area (Å²) in [6.45, 7) is 6.17. The Morgan fingerprint density at radius 1 is 1.21 bits per heavy atom. The molecule has 4 heteroatoms. The number of methoxy groups -OCH3 is 1. The topological polar surface area (TPSA) is 34.4 Å². The average Bonchev–Trinajstić information content (AvgIpc) is 2.80. The van der Waals surface area contributed by atoms with Crippen molar-refractivity contribution in [1.82, 2.24) is 0 Å². The van der Waals surface area contributed by atoms with E-state index in [1.165, 1.54) is 0 Å². The Balaban J connectivity index is 2.24. The van der Waals surface area contributed by atoms with Gasteiger partial charge in [0.25, 0.3) is 0 Å². The molecular formula is C15H18BrNO2. The van der Waals surface area contributed by atoms with Crippen molar-refractivity contribution in [2.45, 2.75) is 26.8 Å². The van der Waals surface area contributed by atoms with Gasteiger partial charge in [-0.2, -0.15) is 0 Å². The van der Waals surface area contributed by atoms with E-state index < -0.39 is 0 Å². The molecule has 0 aliphatic heterocycles. The molecule has 2 aromatic rings. The second-order valence-electron chi connectivity index (χ2n) is 4.60. The van der Waals surface area contributed by atoms with Crippen LogP contribution in [0.2, 0.25) is 0 Å². The van der Waals surface area contributed by atoms with E-state index in [1.807, 2.05) is 19.1 Å². The lowest BCUT2D eigenvalue weighted by molar-refractivity contribution is 0.408. The van der Waals surface area contributed by atoms with Crippen LogP contribution in [0.15, 0.2) is 33.4 Å². The number of halogens is 1. The molecule has 1 N–H and O–H groups in total. The van der Waals surface area contributed by atoms with Gasteiger partial charge in [0.2, 0.25) is 0 Å². The van der Waals surface area contributed by atoms with Gasteiger partial charge in [-0.25, -0.2) is 0 Å². The van der Waals surface area contributed by atoms with Crippen LogP contribution < -0.4 is 10.1 Å². The molecule has 1 unspecified atom stereocenters. The molecule has 0 saturated heterocycles. The molecule has 0 aliphatic carbocycles. The number of nitrogens with one attached hydrogen (secondary N) is 1. The van der Waals surface area contributed by atoms with Crippen molar-refractivity contribution in [2.75, 3.05) is 12.4 Å². The number of hydrogen-bond acceptors (Lipinski definition) is 3. The lowest BCUT2D eigenvalue weighted by Crippen LogP contribution is -2.07. The summed E-state index contributed by atoms with van der Waals surface area (Å²) in [4.78, 5) is 0. The van der Waals surface area contributed by atoms with Crippen LogP contribution >= 0.6 is 15.9 Å². The molecule has 2 rings (SSSR count). The molecule has 1 aromatic heterocycles. The maximum absolute atomic E-state index is 5.56. The summed E-state index contributed by atoms with van der Waals surface area (Å²) in [6, 6.07) is 8.08. The van der Waals surface area contributed by atoms with Gasteiger partial charge in [-0.3, -0.25) is 0 Å². The minimum absolute atomic E-state index is 0.0948. The van der Waals surface area contributed by atoms with E-state index in [4.69, 9.17) is 9.15 Å². The summed E-state index contributed by atoms with van der Waals surface area (Å²) in [5.74, 6) is 1.82.